The molecule has 4 atom stereocenters. The molecule has 1 amide bonds. The second-order valence-corrected chi connectivity index (χ2v) is 11.8. The fourth-order valence-electron chi connectivity index (χ4n) is 6.07. The van der Waals surface area contributed by atoms with Gasteiger partial charge in [-0.3, -0.25) is 9.59 Å². The highest BCUT2D eigenvalue weighted by Gasteiger charge is 2.49. The van der Waals surface area contributed by atoms with Crippen molar-refractivity contribution in [3.8, 4) is 0 Å². The molecule has 3 aromatic rings. The summed E-state index contributed by atoms with van der Waals surface area (Å²) in [5.41, 5.74) is 2.59. The molecule has 1 aromatic heterocycles. The lowest BCUT2D eigenvalue weighted by Gasteiger charge is -2.31. The number of amides is 1. The van der Waals surface area contributed by atoms with Crippen molar-refractivity contribution in [2.75, 3.05) is 6.54 Å². The van der Waals surface area contributed by atoms with Gasteiger partial charge in [-0.05, 0) is 62.6 Å². The van der Waals surface area contributed by atoms with E-state index in [0.717, 1.165) is 29.1 Å². The number of rotatable bonds is 9. The molecule has 39 heavy (non-hydrogen) atoms. The predicted molar refractivity (Wildman–Crippen MR) is 147 cm³/mol. The summed E-state index contributed by atoms with van der Waals surface area (Å²) in [6.07, 6.45) is 1.05. The molecule has 0 spiro atoms. The van der Waals surface area contributed by atoms with Gasteiger partial charge >= 0.3 is 0 Å². The predicted octanol–water partition coefficient (Wildman–Crippen LogP) is 6.66. The molecule has 2 fully saturated rings. The summed E-state index contributed by atoms with van der Waals surface area (Å²) in [4.78, 5) is 33.4. The Hall–Kier alpha value is -2.97. The lowest BCUT2D eigenvalue weighted by atomic mass is 9.80. The summed E-state index contributed by atoms with van der Waals surface area (Å²) >= 11 is 1.56. The number of nitrogens with zero attached hydrogens (tertiary/aromatic N) is 2. The third-order valence-electron chi connectivity index (χ3n) is 8.12. The van der Waals surface area contributed by atoms with E-state index in [1.807, 2.05) is 47.5 Å². The number of aryl methyl sites for hydroxylation is 1. The van der Waals surface area contributed by atoms with Crippen LogP contribution < -0.4 is 0 Å². The largest absolute Gasteiger partial charge is 0.392 e. The van der Waals surface area contributed by atoms with Gasteiger partial charge in [0.1, 0.15) is 5.01 Å². The van der Waals surface area contributed by atoms with E-state index in [4.69, 9.17) is 0 Å². The van der Waals surface area contributed by atoms with Gasteiger partial charge in [0.25, 0.3) is 11.8 Å². The molecule has 2 heterocycles. The number of likely N-dealkylation sites (tertiary alicyclic amines) is 1. The van der Waals surface area contributed by atoms with E-state index in [2.05, 4.69) is 4.98 Å². The number of Topliss-reactive ketones (excluding diaryl/α,β-unsaturated/α-hetero) is 1. The number of carbonyl (C=O) groups is 2. The summed E-state index contributed by atoms with van der Waals surface area (Å²) in [6.45, 7) is 2.56. The van der Waals surface area contributed by atoms with Crippen molar-refractivity contribution < 1.29 is 23.5 Å². The van der Waals surface area contributed by atoms with Crippen molar-refractivity contribution in [3.63, 3.8) is 0 Å². The number of thiazole rings is 1. The summed E-state index contributed by atoms with van der Waals surface area (Å²) in [6, 6.07) is 15.9. The van der Waals surface area contributed by atoms with Crippen LogP contribution in [0.3, 0.4) is 0 Å². The highest BCUT2D eigenvalue weighted by atomic mass is 32.1. The zero-order valence-corrected chi connectivity index (χ0v) is 22.9. The highest BCUT2D eigenvalue weighted by Crippen LogP contribution is 2.44. The second-order valence-electron chi connectivity index (χ2n) is 10.9. The molecule has 2 aliphatic rings. The smallest absolute Gasteiger partial charge is 0.254 e. The number of ketones is 1. The number of alkyl halides is 2. The topological polar surface area (TPSA) is 70.5 Å². The molecule has 8 heteroatoms. The van der Waals surface area contributed by atoms with E-state index in [0.29, 0.717) is 30.5 Å². The number of carbonyl (C=O) groups excluding carboxylic acids is 2. The summed E-state index contributed by atoms with van der Waals surface area (Å²) < 4.78 is 29.1. The molecule has 0 bridgehead atoms. The number of benzene rings is 2. The van der Waals surface area contributed by atoms with Crippen LogP contribution in [-0.2, 0) is 6.42 Å². The van der Waals surface area contributed by atoms with Crippen LogP contribution in [0.2, 0.25) is 0 Å². The highest BCUT2D eigenvalue weighted by molar-refractivity contribution is 7.09. The van der Waals surface area contributed by atoms with E-state index in [1.165, 1.54) is 0 Å². The Balaban J connectivity index is 1.34. The molecular weight excluding hydrogens is 518 g/mol. The second kappa shape index (κ2) is 11.6. The lowest BCUT2D eigenvalue weighted by molar-refractivity contribution is -0.0977. The van der Waals surface area contributed by atoms with Gasteiger partial charge in [0.05, 0.1) is 12.1 Å². The molecule has 206 valence electrons. The summed E-state index contributed by atoms with van der Waals surface area (Å²) in [5, 5.41) is 14.0. The van der Waals surface area contributed by atoms with Gasteiger partial charge in [-0.2, -0.15) is 0 Å². The van der Waals surface area contributed by atoms with Crippen molar-refractivity contribution >= 4 is 23.0 Å². The van der Waals surface area contributed by atoms with Gasteiger partial charge in [-0.15, -0.1) is 11.3 Å². The first kappa shape index (κ1) is 27.6. The third-order valence-corrected chi connectivity index (χ3v) is 9.18. The monoisotopic (exact) mass is 552 g/mol. The van der Waals surface area contributed by atoms with E-state index < -0.39 is 23.9 Å². The normalized spacial score (nSPS) is 22.1. The first-order valence-electron chi connectivity index (χ1n) is 13.7. The Morgan fingerprint density at radius 2 is 1.87 bits per heavy atom. The van der Waals surface area contributed by atoms with Crippen molar-refractivity contribution in [3.05, 3.63) is 87.4 Å². The van der Waals surface area contributed by atoms with E-state index in [9.17, 15) is 23.5 Å². The molecule has 1 N–H and O–H groups in total. The van der Waals surface area contributed by atoms with Gasteiger partial charge in [-0.1, -0.05) is 42.5 Å². The number of aliphatic hydroxyl groups is 1. The number of hydrogen-bond donors (Lipinski definition) is 1. The molecule has 1 saturated heterocycles. The molecule has 1 aliphatic carbocycles. The first-order chi connectivity index (χ1) is 18.7. The minimum Gasteiger partial charge on any atom is -0.392 e. The molecular formula is C31H34F2N2O3S. The maximum Gasteiger partial charge on any atom is 0.254 e. The van der Waals surface area contributed by atoms with Crippen molar-refractivity contribution in [2.24, 2.45) is 11.8 Å². The van der Waals surface area contributed by atoms with E-state index in [-0.39, 0.29) is 37.0 Å². The van der Waals surface area contributed by atoms with Crippen LogP contribution in [0.15, 0.2) is 60.0 Å². The van der Waals surface area contributed by atoms with Crippen LogP contribution >= 0.6 is 11.3 Å². The van der Waals surface area contributed by atoms with Crippen LogP contribution in [0.1, 0.15) is 81.5 Å². The summed E-state index contributed by atoms with van der Waals surface area (Å²) in [7, 11) is 0. The molecule has 0 unspecified atom stereocenters. The quantitative estimate of drug-likeness (QED) is 0.302. The summed E-state index contributed by atoms with van der Waals surface area (Å²) in [5.74, 6) is -5.17. The standard InChI is InChI=1S/C31H34F2N2O3S/c1-20-19-39-29(34-20)26-13-7-15-35(26)30(38)23-11-5-10-22(17-23)27(36)18-24(16-21-8-3-2-4-9-21)28(37)25-12-6-14-31(25,32)33/h2-5,8-11,17,19,24-26,28,37H,6-7,12-16,18H2,1H3/t24-,25+,26-,28+/m1/s1. The Morgan fingerprint density at radius 3 is 2.56 bits per heavy atom. The Bertz CT molecular complexity index is 1310. The average Bonchev–Trinajstić information content (AvgIpc) is 3.67. The number of halogens is 2. The van der Waals surface area contributed by atoms with Crippen LogP contribution in [-0.4, -0.2) is 45.3 Å². The SMILES string of the molecule is Cc1csc([C@H]2CCCN2C(=O)c2cccc(C(=O)C[C@@H](Cc3ccccc3)[C@H](O)[C@@H]3CCCC3(F)F)c2)n1. The number of aromatic nitrogens is 1. The van der Waals surface area contributed by atoms with Crippen LogP contribution in [0.4, 0.5) is 8.78 Å². The number of aliphatic hydroxyl groups excluding tert-OH is 1. The zero-order chi connectivity index (χ0) is 27.6. The van der Waals surface area contributed by atoms with E-state index in [1.54, 1.807) is 35.6 Å². The van der Waals surface area contributed by atoms with Gasteiger partial charge in [0.15, 0.2) is 5.78 Å². The molecule has 5 nitrogen and oxygen atoms in total. The van der Waals surface area contributed by atoms with Gasteiger partial charge < -0.3 is 10.0 Å². The molecule has 1 saturated carbocycles. The minimum absolute atomic E-state index is 0.0750. The maximum absolute atomic E-state index is 14.6. The first-order valence-corrected chi connectivity index (χ1v) is 14.6. The Morgan fingerprint density at radius 1 is 1.10 bits per heavy atom. The lowest BCUT2D eigenvalue weighted by Crippen LogP contribution is -2.39. The van der Waals surface area contributed by atoms with Crippen molar-refractivity contribution in [1.29, 1.82) is 0 Å². The number of hydrogen-bond acceptors (Lipinski definition) is 5. The van der Waals surface area contributed by atoms with E-state index >= 15 is 0 Å². The van der Waals surface area contributed by atoms with Gasteiger partial charge in [0, 0.05) is 47.5 Å². The molecule has 5 rings (SSSR count). The Labute approximate surface area is 231 Å². The Kier molecular flexibility index (Phi) is 8.24. The zero-order valence-electron chi connectivity index (χ0n) is 22.1. The van der Waals surface area contributed by atoms with Gasteiger partial charge in [-0.25, -0.2) is 13.8 Å². The fraction of sp³-hybridized carbons (Fsp3) is 0.452. The van der Waals surface area contributed by atoms with Gasteiger partial charge in [0.2, 0.25) is 0 Å². The van der Waals surface area contributed by atoms with Crippen molar-refractivity contribution in [2.45, 2.75) is 69.9 Å². The van der Waals surface area contributed by atoms with Crippen LogP contribution in [0.25, 0.3) is 0 Å². The molecule has 2 aromatic carbocycles. The minimum atomic E-state index is -2.94. The third kappa shape index (κ3) is 6.12. The van der Waals surface area contributed by atoms with Crippen LogP contribution in [0, 0.1) is 18.8 Å². The molecule has 1 aliphatic heterocycles. The van der Waals surface area contributed by atoms with Crippen molar-refractivity contribution in [1.82, 2.24) is 9.88 Å². The maximum atomic E-state index is 14.6. The fourth-order valence-corrected chi connectivity index (χ4v) is 7.02. The van der Waals surface area contributed by atoms with Crippen LogP contribution in [0.5, 0.6) is 0 Å². The average molecular weight is 553 g/mol. The molecule has 0 radical (unpaired) electrons.